The lowest BCUT2D eigenvalue weighted by atomic mass is 10.0. The summed E-state index contributed by atoms with van der Waals surface area (Å²) in [6.07, 6.45) is 1.72. The maximum absolute atomic E-state index is 12.0. The summed E-state index contributed by atoms with van der Waals surface area (Å²) in [5.74, 6) is 0.968. The molecule has 120 valence electrons. The number of nitrogens with one attached hydrogen (secondary N) is 1. The second-order valence-electron chi connectivity index (χ2n) is 6.20. The summed E-state index contributed by atoms with van der Waals surface area (Å²) < 4.78 is 6.00. The summed E-state index contributed by atoms with van der Waals surface area (Å²) in [5.41, 5.74) is 0.715. The fourth-order valence-corrected chi connectivity index (χ4v) is 2.67. The quantitative estimate of drug-likeness (QED) is 0.858. The molecule has 23 heavy (non-hydrogen) atoms. The average molecular weight is 313 g/mol. The topological polar surface area (TPSA) is 69.9 Å². The number of hydrogen-bond donors (Lipinski definition) is 1. The van der Waals surface area contributed by atoms with Crippen molar-refractivity contribution in [3.8, 4) is 5.75 Å². The molecule has 1 aromatic carbocycles. The molecule has 3 rings (SSSR count). The highest BCUT2D eigenvalue weighted by molar-refractivity contribution is 5.73. The molecule has 0 fully saturated rings. The highest BCUT2D eigenvalue weighted by atomic mass is 16.5. The van der Waals surface area contributed by atoms with Crippen molar-refractivity contribution in [2.45, 2.75) is 26.4 Å². The van der Waals surface area contributed by atoms with Crippen molar-refractivity contribution >= 4 is 23.1 Å². The number of anilines is 2. The number of hydrogen-bond acceptors (Lipinski definition) is 5. The van der Waals surface area contributed by atoms with Crippen LogP contribution in [0.15, 0.2) is 42.6 Å². The maximum Gasteiger partial charge on any atom is 0.313 e. The third-order valence-electron chi connectivity index (χ3n) is 3.68. The zero-order valence-corrected chi connectivity index (χ0v) is 13.4. The van der Waals surface area contributed by atoms with Crippen LogP contribution in [0, 0.1) is 5.21 Å². The largest absolute Gasteiger partial charge is 0.621 e. The normalized spacial score (nSPS) is 17.1. The molecular weight excluding hydrogens is 294 g/mol. The Balaban J connectivity index is 2.09. The Hall–Kier alpha value is -2.44. The van der Waals surface area contributed by atoms with Gasteiger partial charge in [-0.05, 0) is 32.0 Å². The molecule has 1 N–H and O–H groups in total. The van der Waals surface area contributed by atoms with Crippen LogP contribution in [0.2, 0.25) is 0 Å². The first-order chi connectivity index (χ1) is 10.9. The van der Waals surface area contributed by atoms with Crippen LogP contribution in [0.1, 0.15) is 20.8 Å². The fraction of sp³-hybridized carbons (Fsp3) is 0.294. The predicted octanol–water partition coefficient (Wildman–Crippen LogP) is 1.95. The molecule has 1 aliphatic heterocycles. The van der Waals surface area contributed by atoms with E-state index in [-0.39, 0.29) is 0 Å². The van der Waals surface area contributed by atoms with Gasteiger partial charge >= 0.3 is 5.91 Å². The van der Waals surface area contributed by atoms with Crippen LogP contribution in [-0.4, -0.2) is 23.0 Å². The molecule has 1 amide bonds. The number of amides is 1. The molecule has 0 bridgehead atoms. The lowest BCUT2D eigenvalue weighted by molar-refractivity contribution is -0.688. The number of quaternary nitrogens is 1. The van der Waals surface area contributed by atoms with Crippen LogP contribution in [0.4, 0.5) is 17.2 Å². The molecule has 6 heteroatoms. The minimum Gasteiger partial charge on any atom is -0.621 e. The van der Waals surface area contributed by atoms with Crippen LogP contribution in [0.5, 0.6) is 5.75 Å². The third kappa shape index (κ3) is 3.04. The minimum absolute atomic E-state index is 0.362. The number of pyridine rings is 1. The predicted molar refractivity (Wildman–Crippen MR) is 87.1 cm³/mol. The summed E-state index contributed by atoms with van der Waals surface area (Å²) in [6, 6.07) is 10.7. The van der Waals surface area contributed by atoms with Crippen LogP contribution in [-0.2, 0) is 4.79 Å². The van der Waals surface area contributed by atoms with Crippen molar-refractivity contribution in [1.29, 1.82) is 0 Å². The van der Waals surface area contributed by atoms with Crippen LogP contribution < -0.4 is 14.7 Å². The van der Waals surface area contributed by atoms with Crippen molar-refractivity contribution in [2.75, 3.05) is 11.4 Å². The standard InChI is InChI=1S/C17H19N3O3/c1-12(21)20(22)13-7-8-15-14(10-13)19(11-17(2,3)23-15)16-6-4-5-9-18-16/h4-10,20H,11H2,1-3H3. The van der Waals surface area contributed by atoms with Gasteiger partial charge in [-0.15, -0.1) is 0 Å². The molecule has 2 heterocycles. The second kappa shape index (κ2) is 5.64. The van der Waals surface area contributed by atoms with Gasteiger partial charge < -0.3 is 14.8 Å². The van der Waals surface area contributed by atoms with E-state index in [4.69, 9.17) is 4.74 Å². The summed E-state index contributed by atoms with van der Waals surface area (Å²) >= 11 is 0. The number of benzene rings is 1. The summed E-state index contributed by atoms with van der Waals surface area (Å²) in [7, 11) is 0. The SMILES string of the molecule is CC(=O)[NH+]([O-])c1ccc2c(c1)N(c1ccccn1)CC(C)(C)O2. The molecule has 2 aromatic rings. The molecule has 0 spiro atoms. The lowest BCUT2D eigenvalue weighted by Gasteiger charge is -2.40. The van der Waals surface area contributed by atoms with E-state index < -0.39 is 16.6 Å². The van der Waals surface area contributed by atoms with Crippen LogP contribution in [0.3, 0.4) is 0 Å². The number of aromatic nitrogens is 1. The highest BCUT2D eigenvalue weighted by Crippen LogP contribution is 2.41. The van der Waals surface area contributed by atoms with Crippen LogP contribution in [0.25, 0.3) is 0 Å². The van der Waals surface area contributed by atoms with Gasteiger partial charge in [-0.3, -0.25) is 5.06 Å². The van der Waals surface area contributed by atoms with E-state index in [2.05, 4.69) is 4.98 Å². The van der Waals surface area contributed by atoms with Crippen molar-refractivity contribution in [3.63, 3.8) is 0 Å². The number of rotatable bonds is 2. The van der Waals surface area contributed by atoms with Gasteiger partial charge in [0.15, 0.2) is 0 Å². The summed E-state index contributed by atoms with van der Waals surface area (Å²) in [4.78, 5) is 17.8. The molecule has 1 aliphatic rings. The highest BCUT2D eigenvalue weighted by Gasteiger charge is 2.33. The molecule has 0 saturated heterocycles. The van der Waals surface area contributed by atoms with E-state index in [1.807, 2.05) is 36.9 Å². The monoisotopic (exact) mass is 313 g/mol. The molecule has 0 saturated carbocycles. The van der Waals surface area contributed by atoms with Crippen LogP contribution >= 0.6 is 0 Å². The van der Waals surface area contributed by atoms with Gasteiger partial charge in [0.05, 0.1) is 19.2 Å². The van der Waals surface area contributed by atoms with E-state index in [9.17, 15) is 10.0 Å². The Kier molecular flexibility index (Phi) is 3.79. The first-order valence-electron chi connectivity index (χ1n) is 7.44. The zero-order valence-electron chi connectivity index (χ0n) is 13.4. The van der Waals surface area contributed by atoms with Gasteiger partial charge in [0.25, 0.3) is 0 Å². The number of carbonyl (C=O) groups is 1. The maximum atomic E-state index is 12.0. The fourth-order valence-electron chi connectivity index (χ4n) is 2.67. The molecule has 0 aliphatic carbocycles. The minimum atomic E-state index is -0.501. The summed E-state index contributed by atoms with van der Waals surface area (Å²) in [5, 5.41) is 11.5. The first-order valence-corrected chi connectivity index (χ1v) is 7.44. The van der Waals surface area contributed by atoms with Gasteiger partial charge in [-0.2, -0.15) is 0 Å². The Morgan fingerprint density at radius 1 is 1.35 bits per heavy atom. The average Bonchev–Trinajstić information content (AvgIpc) is 2.53. The third-order valence-corrected chi connectivity index (χ3v) is 3.68. The van der Waals surface area contributed by atoms with E-state index in [1.54, 1.807) is 24.4 Å². The van der Waals surface area contributed by atoms with Gasteiger partial charge in [-0.1, -0.05) is 6.07 Å². The number of ether oxygens (including phenoxy) is 1. The smallest absolute Gasteiger partial charge is 0.313 e. The molecular formula is C17H19N3O3. The lowest BCUT2D eigenvalue weighted by Crippen LogP contribution is -3.04. The van der Waals surface area contributed by atoms with Crippen molar-refractivity contribution < 1.29 is 14.6 Å². The summed E-state index contributed by atoms with van der Waals surface area (Å²) in [6.45, 7) is 5.87. The van der Waals surface area contributed by atoms with Gasteiger partial charge in [0.1, 0.15) is 22.9 Å². The van der Waals surface area contributed by atoms with Gasteiger partial charge in [0.2, 0.25) is 0 Å². The van der Waals surface area contributed by atoms with Crippen molar-refractivity contribution in [3.05, 3.63) is 47.8 Å². The van der Waals surface area contributed by atoms with Crippen molar-refractivity contribution in [2.24, 2.45) is 0 Å². The van der Waals surface area contributed by atoms with Gasteiger partial charge in [-0.25, -0.2) is 9.78 Å². The number of carbonyl (C=O) groups excluding carboxylic acids is 1. The Morgan fingerprint density at radius 3 is 2.78 bits per heavy atom. The Labute approximate surface area is 134 Å². The zero-order chi connectivity index (χ0) is 16.6. The van der Waals surface area contributed by atoms with E-state index in [0.29, 0.717) is 18.0 Å². The van der Waals surface area contributed by atoms with E-state index in [1.165, 1.54) is 6.92 Å². The van der Waals surface area contributed by atoms with E-state index >= 15 is 0 Å². The molecule has 1 aromatic heterocycles. The van der Waals surface area contributed by atoms with Gasteiger partial charge in [0, 0.05) is 18.3 Å². The van der Waals surface area contributed by atoms with Crippen molar-refractivity contribution in [1.82, 2.24) is 4.98 Å². The molecule has 0 radical (unpaired) electrons. The Morgan fingerprint density at radius 2 is 2.13 bits per heavy atom. The molecule has 1 unspecified atom stereocenters. The number of nitrogens with zero attached hydrogens (tertiary/aromatic N) is 2. The Bertz CT molecular complexity index is 731. The first kappa shape index (κ1) is 15.5. The second-order valence-corrected chi connectivity index (χ2v) is 6.20. The molecule has 6 nitrogen and oxygen atoms in total. The van der Waals surface area contributed by atoms with E-state index in [0.717, 1.165) is 11.5 Å². The number of hydroxylamine groups is 1. The number of fused-ring (bicyclic) bond motifs is 1. The molecule has 1 atom stereocenters.